The molecule has 2 amide bonds. The molecule has 4 bridgehead atoms. The van der Waals surface area contributed by atoms with E-state index in [0.717, 1.165) is 67.8 Å². The third-order valence-electron chi connectivity index (χ3n) is 8.62. The molecule has 0 aromatic carbocycles. The Kier molecular flexibility index (Phi) is 4.94. The van der Waals surface area contributed by atoms with Gasteiger partial charge in [0.2, 0.25) is 11.8 Å². The topological polar surface area (TPSA) is 67.2 Å². The second kappa shape index (κ2) is 7.38. The van der Waals surface area contributed by atoms with Gasteiger partial charge < -0.3 is 10.2 Å². The number of aryl methyl sites for hydroxylation is 2. The van der Waals surface area contributed by atoms with Crippen LogP contribution in [0.15, 0.2) is 0 Å². The number of aromatic nitrogens is 2. The Balaban J connectivity index is 1.19. The van der Waals surface area contributed by atoms with Gasteiger partial charge in [-0.25, -0.2) is 0 Å². The van der Waals surface area contributed by atoms with Gasteiger partial charge in [-0.3, -0.25) is 14.3 Å². The monoisotopic (exact) mass is 412 g/mol. The van der Waals surface area contributed by atoms with E-state index in [1.807, 2.05) is 23.6 Å². The van der Waals surface area contributed by atoms with Crippen LogP contribution in [0, 0.1) is 37.0 Å². The van der Waals surface area contributed by atoms with Gasteiger partial charge in [-0.1, -0.05) is 0 Å². The first-order chi connectivity index (χ1) is 14.4. The molecular formula is C24H36N4O2. The number of carbonyl (C=O) groups excluding carboxylic acids is 2. The van der Waals surface area contributed by atoms with Crippen LogP contribution in [0.25, 0.3) is 0 Å². The van der Waals surface area contributed by atoms with E-state index in [9.17, 15) is 9.59 Å². The average molecular weight is 413 g/mol. The Hall–Kier alpha value is -1.85. The number of amides is 2. The minimum Gasteiger partial charge on any atom is -0.355 e. The van der Waals surface area contributed by atoms with Crippen LogP contribution in [-0.4, -0.2) is 39.6 Å². The zero-order chi connectivity index (χ0) is 21.0. The third kappa shape index (κ3) is 3.27. The van der Waals surface area contributed by atoms with Crippen LogP contribution in [0.4, 0.5) is 0 Å². The van der Waals surface area contributed by atoms with Gasteiger partial charge in [0.1, 0.15) is 0 Å². The molecule has 164 valence electrons. The number of carbonyl (C=O) groups is 2. The molecule has 1 N–H and O–H groups in total. The molecular weight excluding hydrogens is 376 g/mol. The molecule has 1 saturated heterocycles. The van der Waals surface area contributed by atoms with Gasteiger partial charge in [0.15, 0.2) is 0 Å². The van der Waals surface area contributed by atoms with Crippen LogP contribution in [0.1, 0.15) is 80.8 Å². The summed E-state index contributed by atoms with van der Waals surface area (Å²) in [5, 5.41) is 7.72. The lowest BCUT2D eigenvalue weighted by molar-refractivity contribution is -0.146. The Morgan fingerprint density at radius 1 is 1.10 bits per heavy atom. The molecule has 1 aliphatic heterocycles. The normalized spacial score (nSPS) is 34.6. The molecule has 2 heterocycles. The lowest BCUT2D eigenvalue weighted by Gasteiger charge is -2.55. The summed E-state index contributed by atoms with van der Waals surface area (Å²) >= 11 is 0. The molecule has 30 heavy (non-hydrogen) atoms. The number of rotatable bonds is 5. The van der Waals surface area contributed by atoms with Crippen LogP contribution in [0.5, 0.6) is 0 Å². The molecule has 6 rings (SSSR count). The number of hydrogen-bond donors (Lipinski definition) is 1. The fourth-order valence-corrected chi connectivity index (χ4v) is 7.64. The van der Waals surface area contributed by atoms with Crippen molar-refractivity contribution < 1.29 is 9.59 Å². The summed E-state index contributed by atoms with van der Waals surface area (Å²) in [5.41, 5.74) is 3.25. The third-order valence-corrected chi connectivity index (χ3v) is 8.62. The van der Waals surface area contributed by atoms with Gasteiger partial charge in [-0.05, 0) is 83.0 Å². The zero-order valence-corrected chi connectivity index (χ0v) is 18.7. The molecule has 4 saturated carbocycles. The maximum atomic E-state index is 13.1. The lowest BCUT2D eigenvalue weighted by atomic mass is 9.49. The van der Waals surface area contributed by atoms with Gasteiger partial charge in [0.05, 0.1) is 11.7 Å². The number of nitrogens with one attached hydrogen (secondary N) is 1. The van der Waals surface area contributed by atoms with E-state index in [4.69, 9.17) is 0 Å². The smallest absolute Gasteiger partial charge is 0.226 e. The highest BCUT2D eigenvalue weighted by molar-refractivity contribution is 5.84. The summed E-state index contributed by atoms with van der Waals surface area (Å²) in [6, 6.07) is 0.130. The highest BCUT2D eigenvalue weighted by atomic mass is 16.2. The first kappa shape index (κ1) is 20.1. The van der Waals surface area contributed by atoms with Crippen molar-refractivity contribution >= 4 is 11.8 Å². The molecule has 5 fully saturated rings. The molecule has 1 atom stereocenters. The highest BCUT2D eigenvalue weighted by Crippen LogP contribution is 2.60. The van der Waals surface area contributed by atoms with Crippen molar-refractivity contribution in [2.45, 2.75) is 77.7 Å². The predicted octanol–water partition coefficient (Wildman–Crippen LogP) is 3.42. The van der Waals surface area contributed by atoms with Crippen LogP contribution < -0.4 is 5.32 Å². The predicted molar refractivity (Wildman–Crippen MR) is 115 cm³/mol. The molecule has 0 radical (unpaired) electrons. The summed E-state index contributed by atoms with van der Waals surface area (Å²) < 4.78 is 1.91. The maximum absolute atomic E-state index is 13.1. The molecule has 6 heteroatoms. The largest absolute Gasteiger partial charge is 0.355 e. The summed E-state index contributed by atoms with van der Waals surface area (Å²) in [6.45, 7) is 5.39. The van der Waals surface area contributed by atoms with Crippen LogP contribution in [0.2, 0.25) is 0 Å². The quantitative estimate of drug-likeness (QED) is 0.806. The highest BCUT2D eigenvalue weighted by Gasteiger charge is 2.54. The minimum absolute atomic E-state index is 0.127. The van der Waals surface area contributed by atoms with Crippen molar-refractivity contribution in [1.82, 2.24) is 20.0 Å². The molecule has 1 aromatic heterocycles. The van der Waals surface area contributed by atoms with Gasteiger partial charge >= 0.3 is 0 Å². The van der Waals surface area contributed by atoms with E-state index in [-0.39, 0.29) is 23.3 Å². The fourth-order valence-electron chi connectivity index (χ4n) is 7.64. The van der Waals surface area contributed by atoms with Crippen molar-refractivity contribution in [3.05, 3.63) is 17.0 Å². The minimum atomic E-state index is -0.127. The van der Waals surface area contributed by atoms with Gasteiger partial charge in [0.25, 0.3) is 0 Å². The van der Waals surface area contributed by atoms with Crippen molar-refractivity contribution in [2.24, 2.45) is 30.2 Å². The second-order valence-corrected chi connectivity index (χ2v) is 10.7. The van der Waals surface area contributed by atoms with E-state index in [0.29, 0.717) is 13.0 Å². The molecule has 0 spiro atoms. The maximum Gasteiger partial charge on any atom is 0.226 e. The van der Waals surface area contributed by atoms with Crippen molar-refractivity contribution in [1.29, 1.82) is 0 Å². The summed E-state index contributed by atoms with van der Waals surface area (Å²) in [5.74, 6) is 2.68. The van der Waals surface area contributed by atoms with Crippen molar-refractivity contribution in [2.75, 3.05) is 13.1 Å². The van der Waals surface area contributed by atoms with Gasteiger partial charge in [-0.15, -0.1) is 0 Å². The lowest BCUT2D eigenvalue weighted by Crippen LogP contribution is -2.53. The van der Waals surface area contributed by atoms with E-state index in [1.165, 1.54) is 24.8 Å². The van der Waals surface area contributed by atoms with E-state index in [2.05, 4.69) is 17.3 Å². The van der Waals surface area contributed by atoms with Crippen LogP contribution in [-0.2, 0) is 16.6 Å². The van der Waals surface area contributed by atoms with Crippen molar-refractivity contribution in [3.8, 4) is 0 Å². The first-order valence-electron chi connectivity index (χ1n) is 11.9. The van der Waals surface area contributed by atoms with Crippen molar-refractivity contribution in [3.63, 3.8) is 0 Å². The van der Waals surface area contributed by atoms with E-state index < -0.39 is 0 Å². The second-order valence-electron chi connectivity index (χ2n) is 10.7. The molecule has 6 nitrogen and oxygen atoms in total. The number of nitrogens with zero attached hydrogens (tertiary/aromatic N) is 3. The van der Waals surface area contributed by atoms with E-state index in [1.54, 1.807) is 0 Å². The molecule has 1 unspecified atom stereocenters. The van der Waals surface area contributed by atoms with Gasteiger partial charge in [0, 0.05) is 43.2 Å². The zero-order valence-electron chi connectivity index (χ0n) is 18.7. The Labute approximate surface area is 179 Å². The number of likely N-dealkylation sites (tertiary alicyclic amines) is 1. The average Bonchev–Trinajstić information content (AvgIpc) is 3.24. The number of hydrogen-bond acceptors (Lipinski definition) is 3. The summed E-state index contributed by atoms with van der Waals surface area (Å²) in [4.78, 5) is 28.2. The first-order valence-corrected chi connectivity index (χ1v) is 11.9. The Bertz CT molecular complexity index is 822. The molecule has 5 aliphatic rings. The van der Waals surface area contributed by atoms with Crippen LogP contribution >= 0.6 is 0 Å². The Morgan fingerprint density at radius 2 is 1.73 bits per heavy atom. The Morgan fingerprint density at radius 3 is 2.30 bits per heavy atom. The summed E-state index contributed by atoms with van der Waals surface area (Å²) in [7, 11) is 1.97. The van der Waals surface area contributed by atoms with E-state index >= 15 is 0 Å². The van der Waals surface area contributed by atoms with Gasteiger partial charge in [-0.2, -0.15) is 5.10 Å². The summed E-state index contributed by atoms with van der Waals surface area (Å²) in [6.07, 6.45) is 9.68. The SMILES string of the molecule is Cc1nn(C)c(C)c1C1CCCN1C(=O)CCNC(=O)C12CC3CC(CC(C3)C1)C2. The standard InChI is InChI=1S/C24H36N4O2/c1-15-22(16(2)27(3)26-15)20-5-4-8-28(20)21(29)6-7-25-23(30)24-12-17-9-18(13-24)11-19(10-17)14-24/h17-20H,4-14H2,1-3H3,(H,25,30). The molecule has 4 aliphatic carbocycles. The molecule has 1 aromatic rings. The van der Waals surface area contributed by atoms with Crippen LogP contribution in [0.3, 0.4) is 0 Å². The fraction of sp³-hybridized carbons (Fsp3) is 0.792.